The molecule has 1 saturated heterocycles. The van der Waals surface area contributed by atoms with Crippen LogP contribution >= 0.6 is 0 Å². The van der Waals surface area contributed by atoms with Crippen LogP contribution in [0.5, 0.6) is 0 Å². The summed E-state index contributed by atoms with van der Waals surface area (Å²) < 4.78 is 11.5. The van der Waals surface area contributed by atoms with Gasteiger partial charge in [-0.2, -0.15) is 0 Å². The van der Waals surface area contributed by atoms with Crippen LogP contribution in [0.2, 0.25) is 0 Å². The van der Waals surface area contributed by atoms with Crippen LogP contribution in [-0.4, -0.2) is 39.0 Å². The Morgan fingerprint density at radius 1 is 1.35 bits per heavy atom. The minimum absolute atomic E-state index is 0.212. The Labute approximate surface area is 106 Å². The van der Waals surface area contributed by atoms with E-state index in [1.165, 1.54) is 19.3 Å². The summed E-state index contributed by atoms with van der Waals surface area (Å²) in [6.07, 6.45) is 5.18. The zero-order valence-electron chi connectivity index (χ0n) is 11.8. The molecule has 17 heavy (non-hydrogen) atoms. The van der Waals surface area contributed by atoms with Gasteiger partial charge in [0.05, 0.1) is 19.3 Å². The van der Waals surface area contributed by atoms with Crippen LogP contribution < -0.4 is 5.32 Å². The standard InChI is InChI=1S/C14H29NO2/c1-4-8-15-11-14(2,3)12-16-10-13-7-5-6-9-17-13/h13,15H,4-12H2,1-3H3. The summed E-state index contributed by atoms with van der Waals surface area (Å²) in [4.78, 5) is 0. The molecule has 0 aliphatic carbocycles. The molecule has 0 aromatic rings. The molecular weight excluding hydrogens is 214 g/mol. The van der Waals surface area contributed by atoms with Crippen LogP contribution in [0.3, 0.4) is 0 Å². The molecule has 0 spiro atoms. The van der Waals surface area contributed by atoms with E-state index in [0.717, 1.165) is 39.3 Å². The maximum absolute atomic E-state index is 5.80. The Morgan fingerprint density at radius 2 is 2.18 bits per heavy atom. The van der Waals surface area contributed by atoms with Gasteiger partial charge in [0.15, 0.2) is 0 Å². The summed E-state index contributed by atoms with van der Waals surface area (Å²) in [5, 5.41) is 3.45. The molecule has 1 aliphatic rings. The van der Waals surface area contributed by atoms with Crippen molar-refractivity contribution in [1.29, 1.82) is 0 Å². The maximum atomic E-state index is 5.80. The second-order valence-corrected chi connectivity index (χ2v) is 5.84. The highest BCUT2D eigenvalue weighted by atomic mass is 16.5. The minimum atomic E-state index is 0.212. The van der Waals surface area contributed by atoms with Gasteiger partial charge in [-0.3, -0.25) is 0 Å². The Hall–Kier alpha value is -0.120. The third-order valence-corrected chi connectivity index (χ3v) is 3.10. The number of ether oxygens (including phenoxy) is 2. The zero-order chi connectivity index (χ0) is 12.6. The molecular formula is C14H29NO2. The lowest BCUT2D eigenvalue weighted by molar-refractivity contribution is -0.0545. The van der Waals surface area contributed by atoms with Crippen LogP contribution in [0.15, 0.2) is 0 Å². The topological polar surface area (TPSA) is 30.5 Å². The van der Waals surface area contributed by atoms with E-state index in [1.807, 2.05) is 0 Å². The summed E-state index contributed by atoms with van der Waals surface area (Å²) in [5.41, 5.74) is 0.212. The molecule has 3 heteroatoms. The van der Waals surface area contributed by atoms with Crippen molar-refractivity contribution in [2.75, 3.05) is 32.9 Å². The molecule has 1 aliphatic heterocycles. The molecule has 1 fully saturated rings. The van der Waals surface area contributed by atoms with E-state index in [4.69, 9.17) is 9.47 Å². The highest BCUT2D eigenvalue weighted by Crippen LogP contribution is 2.17. The van der Waals surface area contributed by atoms with Gasteiger partial charge in [-0.1, -0.05) is 20.8 Å². The Morgan fingerprint density at radius 3 is 2.82 bits per heavy atom. The van der Waals surface area contributed by atoms with Crippen LogP contribution in [0.4, 0.5) is 0 Å². The highest BCUT2D eigenvalue weighted by Gasteiger charge is 2.19. The van der Waals surface area contributed by atoms with Gasteiger partial charge in [0.25, 0.3) is 0 Å². The van der Waals surface area contributed by atoms with Crippen molar-refractivity contribution in [2.24, 2.45) is 5.41 Å². The summed E-state index contributed by atoms with van der Waals surface area (Å²) in [5.74, 6) is 0. The van der Waals surface area contributed by atoms with E-state index >= 15 is 0 Å². The first-order valence-electron chi connectivity index (χ1n) is 7.04. The number of nitrogens with one attached hydrogen (secondary N) is 1. The molecule has 102 valence electrons. The fraction of sp³-hybridized carbons (Fsp3) is 1.00. The van der Waals surface area contributed by atoms with Gasteiger partial charge >= 0.3 is 0 Å². The molecule has 0 aromatic heterocycles. The van der Waals surface area contributed by atoms with E-state index < -0.39 is 0 Å². The Balaban J connectivity index is 2.06. The van der Waals surface area contributed by atoms with E-state index in [2.05, 4.69) is 26.1 Å². The molecule has 0 amide bonds. The first kappa shape index (κ1) is 14.9. The lowest BCUT2D eigenvalue weighted by Gasteiger charge is -2.27. The van der Waals surface area contributed by atoms with Crippen LogP contribution in [-0.2, 0) is 9.47 Å². The predicted octanol–water partition coefficient (Wildman–Crippen LogP) is 2.60. The first-order chi connectivity index (χ1) is 8.14. The van der Waals surface area contributed by atoms with Gasteiger partial charge in [0.1, 0.15) is 0 Å². The van der Waals surface area contributed by atoms with E-state index in [9.17, 15) is 0 Å². The van der Waals surface area contributed by atoms with E-state index in [1.54, 1.807) is 0 Å². The van der Waals surface area contributed by atoms with Crippen molar-refractivity contribution in [3.63, 3.8) is 0 Å². The monoisotopic (exact) mass is 243 g/mol. The normalized spacial score (nSPS) is 21.7. The number of hydrogen-bond donors (Lipinski definition) is 1. The summed E-state index contributed by atoms with van der Waals surface area (Å²) >= 11 is 0. The first-order valence-corrected chi connectivity index (χ1v) is 7.04. The second-order valence-electron chi connectivity index (χ2n) is 5.84. The number of rotatable bonds is 8. The largest absolute Gasteiger partial charge is 0.378 e. The minimum Gasteiger partial charge on any atom is -0.378 e. The summed E-state index contributed by atoms with van der Waals surface area (Å²) in [6.45, 7) is 11.3. The fourth-order valence-electron chi connectivity index (χ4n) is 2.06. The fourth-order valence-corrected chi connectivity index (χ4v) is 2.06. The smallest absolute Gasteiger partial charge is 0.0808 e. The van der Waals surface area contributed by atoms with Crippen molar-refractivity contribution in [1.82, 2.24) is 5.32 Å². The molecule has 0 aromatic carbocycles. The van der Waals surface area contributed by atoms with Crippen molar-refractivity contribution < 1.29 is 9.47 Å². The SMILES string of the molecule is CCCNCC(C)(C)COCC1CCCCO1. The van der Waals surface area contributed by atoms with Gasteiger partial charge in [-0.05, 0) is 32.2 Å². The average Bonchev–Trinajstić information content (AvgIpc) is 2.30. The molecule has 1 heterocycles. The van der Waals surface area contributed by atoms with Gasteiger partial charge in [-0.15, -0.1) is 0 Å². The molecule has 1 unspecified atom stereocenters. The highest BCUT2D eigenvalue weighted by molar-refractivity contribution is 4.71. The predicted molar refractivity (Wildman–Crippen MR) is 71.4 cm³/mol. The van der Waals surface area contributed by atoms with Crippen molar-refractivity contribution in [3.05, 3.63) is 0 Å². The average molecular weight is 243 g/mol. The molecule has 1 rings (SSSR count). The lowest BCUT2D eigenvalue weighted by atomic mass is 9.95. The molecule has 1 atom stereocenters. The van der Waals surface area contributed by atoms with Crippen LogP contribution in [0.25, 0.3) is 0 Å². The van der Waals surface area contributed by atoms with Crippen LogP contribution in [0.1, 0.15) is 46.5 Å². The Kier molecular flexibility index (Phi) is 7.09. The zero-order valence-corrected chi connectivity index (χ0v) is 11.8. The second kappa shape index (κ2) is 8.06. The quantitative estimate of drug-likeness (QED) is 0.665. The number of hydrogen-bond acceptors (Lipinski definition) is 3. The van der Waals surface area contributed by atoms with E-state index in [-0.39, 0.29) is 5.41 Å². The van der Waals surface area contributed by atoms with Crippen molar-refractivity contribution >= 4 is 0 Å². The third-order valence-electron chi connectivity index (χ3n) is 3.10. The van der Waals surface area contributed by atoms with Gasteiger partial charge in [0, 0.05) is 18.6 Å². The maximum Gasteiger partial charge on any atom is 0.0808 e. The van der Waals surface area contributed by atoms with E-state index in [0.29, 0.717) is 6.10 Å². The third kappa shape index (κ3) is 7.02. The van der Waals surface area contributed by atoms with Gasteiger partial charge < -0.3 is 14.8 Å². The van der Waals surface area contributed by atoms with Crippen molar-refractivity contribution in [2.45, 2.75) is 52.6 Å². The molecule has 0 saturated carbocycles. The van der Waals surface area contributed by atoms with Crippen LogP contribution in [0, 0.1) is 5.41 Å². The molecule has 1 N–H and O–H groups in total. The molecule has 0 bridgehead atoms. The summed E-state index contributed by atoms with van der Waals surface area (Å²) in [7, 11) is 0. The summed E-state index contributed by atoms with van der Waals surface area (Å²) in [6, 6.07) is 0. The van der Waals surface area contributed by atoms with Gasteiger partial charge in [0.2, 0.25) is 0 Å². The molecule has 3 nitrogen and oxygen atoms in total. The Bertz CT molecular complexity index is 189. The molecule has 0 radical (unpaired) electrons. The van der Waals surface area contributed by atoms with Gasteiger partial charge in [-0.25, -0.2) is 0 Å². The van der Waals surface area contributed by atoms with Crippen molar-refractivity contribution in [3.8, 4) is 0 Å². The lowest BCUT2D eigenvalue weighted by Crippen LogP contribution is -2.35.